The van der Waals surface area contributed by atoms with Gasteiger partial charge in [-0.1, -0.05) is 25.3 Å². The summed E-state index contributed by atoms with van der Waals surface area (Å²) >= 11 is 0. The van der Waals surface area contributed by atoms with E-state index in [0.29, 0.717) is 41.3 Å². The Labute approximate surface area is 205 Å². The highest BCUT2D eigenvalue weighted by Crippen LogP contribution is 2.67. The summed E-state index contributed by atoms with van der Waals surface area (Å²) in [6, 6.07) is 4.12. The summed E-state index contributed by atoms with van der Waals surface area (Å²) in [6.45, 7) is 2.55. The highest BCUT2D eigenvalue weighted by molar-refractivity contribution is 5.29. The summed E-state index contributed by atoms with van der Waals surface area (Å²) in [5.74, 6) is 2.88. The third-order valence-electron chi connectivity index (χ3n) is 11.0. The molecule has 1 aromatic heterocycles. The van der Waals surface area contributed by atoms with Crippen LogP contribution in [0.2, 0.25) is 0 Å². The highest BCUT2D eigenvalue weighted by atomic mass is 16.5. The Morgan fingerprint density at radius 1 is 1.12 bits per heavy atom. The van der Waals surface area contributed by atoms with Crippen molar-refractivity contribution in [1.82, 2.24) is 4.98 Å². The van der Waals surface area contributed by atoms with E-state index in [9.17, 15) is 5.11 Å². The maximum Gasteiger partial charge on any atom is 0.123 e. The van der Waals surface area contributed by atoms with E-state index in [1.165, 1.54) is 69.8 Å². The lowest BCUT2D eigenvalue weighted by molar-refractivity contribution is -0.327. The molecular formula is C29H45N3O2. The quantitative estimate of drug-likeness (QED) is 0.566. The molecule has 7 unspecified atom stereocenters. The number of fused-ring (bicyclic) bond motifs is 1. The van der Waals surface area contributed by atoms with Crippen molar-refractivity contribution in [3.05, 3.63) is 23.9 Å². The van der Waals surface area contributed by atoms with Gasteiger partial charge < -0.3 is 21.3 Å². The zero-order valence-electron chi connectivity index (χ0n) is 21.1. The van der Waals surface area contributed by atoms with Crippen LogP contribution in [-0.4, -0.2) is 33.4 Å². The predicted molar refractivity (Wildman–Crippen MR) is 135 cm³/mol. The van der Waals surface area contributed by atoms with Crippen molar-refractivity contribution in [1.29, 1.82) is 0 Å². The molecule has 1 spiro atoms. The monoisotopic (exact) mass is 467 g/mol. The summed E-state index contributed by atoms with van der Waals surface area (Å²) in [7, 11) is 0. The Morgan fingerprint density at radius 3 is 2.65 bits per heavy atom. The molecule has 4 saturated carbocycles. The molecule has 34 heavy (non-hydrogen) atoms. The van der Waals surface area contributed by atoms with E-state index in [-0.39, 0.29) is 23.3 Å². The molecule has 7 rings (SSSR count). The SMILES string of the molecule is CC12CCCC3CC(C4CC(Cc5ccc(N)nc5)CC5(CCCC5)C4)(CC(N)(CCO)C31)O2. The molecule has 5 N–H and O–H groups in total. The number of rotatable bonds is 5. The molecule has 0 radical (unpaired) electrons. The number of nitrogen functional groups attached to an aromatic ring is 1. The number of aliphatic hydroxyl groups excluding tert-OH is 1. The van der Waals surface area contributed by atoms with Gasteiger partial charge >= 0.3 is 0 Å². The van der Waals surface area contributed by atoms with Crippen molar-refractivity contribution < 1.29 is 9.84 Å². The average molecular weight is 468 g/mol. The van der Waals surface area contributed by atoms with Gasteiger partial charge in [0.15, 0.2) is 0 Å². The standard InChI is InChI=1S/C29H45N3O2/c1-26-8-4-5-22-16-29(34-26,19-28(31,11-12-33)25(22)26)23-14-21(13-20-6-7-24(30)32-18-20)15-27(17-23)9-2-3-10-27/h6-7,18,21-23,25,33H,2-5,8-17,19,31H2,1H3,(H2,30,32). The number of aromatic nitrogens is 1. The van der Waals surface area contributed by atoms with Crippen LogP contribution < -0.4 is 11.5 Å². The fourth-order valence-electron chi connectivity index (χ4n) is 10.3. The fourth-order valence-corrected chi connectivity index (χ4v) is 10.3. The molecule has 6 fully saturated rings. The molecule has 2 saturated heterocycles. The zero-order chi connectivity index (χ0) is 23.6. The van der Waals surface area contributed by atoms with Crippen molar-refractivity contribution in [2.75, 3.05) is 12.3 Å². The molecular weight excluding hydrogens is 422 g/mol. The van der Waals surface area contributed by atoms with Crippen molar-refractivity contribution in [3.63, 3.8) is 0 Å². The predicted octanol–water partition coefficient (Wildman–Crippen LogP) is 5.00. The molecule has 4 bridgehead atoms. The molecule has 0 aromatic carbocycles. The minimum absolute atomic E-state index is 0.119. The third-order valence-corrected chi connectivity index (χ3v) is 11.0. The molecule has 188 valence electrons. The smallest absolute Gasteiger partial charge is 0.123 e. The average Bonchev–Trinajstić information content (AvgIpc) is 3.21. The van der Waals surface area contributed by atoms with E-state index in [4.69, 9.17) is 16.2 Å². The molecule has 4 aliphatic carbocycles. The van der Waals surface area contributed by atoms with Crippen LogP contribution in [0.15, 0.2) is 18.3 Å². The van der Waals surface area contributed by atoms with Gasteiger partial charge in [-0.05, 0) is 112 Å². The van der Waals surface area contributed by atoms with Crippen LogP contribution in [0.25, 0.3) is 0 Å². The lowest BCUT2D eigenvalue weighted by atomic mass is 9.45. The number of anilines is 1. The summed E-state index contributed by atoms with van der Waals surface area (Å²) in [5.41, 5.74) is 14.4. The Balaban J connectivity index is 1.34. The van der Waals surface area contributed by atoms with Crippen LogP contribution in [-0.2, 0) is 11.2 Å². The molecule has 6 aliphatic rings. The Bertz CT molecular complexity index is 899. The van der Waals surface area contributed by atoms with Gasteiger partial charge in [0, 0.05) is 24.3 Å². The van der Waals surface area contributed by atoms with E-state index in [0.717, 1.165) is 19.3 Å². The minimum atomic E-state index is -0.290. The summed E-state index contributed by atoms with van der Waals surface area (Å²) in [6.07, 6.45) is 19.0. The van der Waals surface area contributed by atoms with Crippen LogP contribution in [0.3, 0.4) is 0 Å². The first-order valence-electron chi connectivity index (χ1n) is 14.1. The lowest BCUT2D eigenvalue weighted by Crippen LogP contribution is -2.76. The molecule has 0 amide bonds. The molecule has 5 nitrogen and oxygen atoms in total. The van der Waals surface area contributed by atoms with Gasteiger partial charge in [0.2, 0.25) is 0 Å². The summed E-state index contributed by atoms with van der Waals surface area (Å²) in [4.78, 5) is 4.38. The van der Waals surface area contributed by atoms with Crippen LogP contribution in [0.4, 0.5) is 5.82 Å². The largest absolute Gasteiger partial charge is 0.396 e. The molecule has 7 atom stereocenters. The number of hydrogen-bond acceptors (Lipinski definition) is 5. The van der Waals surface area contributed by atoms with E-state index in [1.807, 2.05) is 12.3 Å². The van der Waals surface area contributed by atoms with Crippen molar-refractivity contribution in [2.45, 2.75) is 114 Å². The number of hydrogen-bond donors (Lipinski definition) is 3. The maximum atomic E-state index is 10.0. The first-order valence-corrected chi connectivity index (χ1v) is 14.1. The third kappa shape index (κ3) is 3.72. The van der Waals surface area contributed by atoms with Gasteiger partial charge in [-0.25, -0.2) is 4.98 Å². The number of ether oxygens (including phenoxy) is 1. The normalized spacial score (nSPS) is 45.0. The van der Waals surface area contributed by atoms with Gasteiger partial charge in [-0.3, -0.25) is 0 Å². The van der Waals surface area contributed by atoms with Gasteiger partial charge in [0.05, 0.1) is 11.2 Å². The van der Waals surface area contributed by atoms with E-state index < -0.39 is 0 Å². The number of nitrogens with two attached hydrogens (primary N) is 2. The van der Waals surface area contributed by atoms with E-state index >= 15 is 0 Å². The van der Waals surface area contributed by atoms with E-state index in [2.05, 4.69) is 18.0 Å². The van der Waals surface area contributed by atoms with Crippen LogP contribution in [0, 0.1) is 29.1 Å². The molecule has 5 heteroatoms. The van der Waals surface area contributed by atoms with Crippen molar-refractivity contribution in [3.8, 4) is 0 Å². The van der Waals surface area contributed by atoms with Gasteiger partial charge in [-0.2, -0.15) is 0 Å². The number of nitrogens with zero attached hydrogens (tertiary/aromatic N) is 1. The second-order valence-electron chi connectivity index (χ2n) is 13.4. The van der Waals surface area contributed by atoms with Crippen LogP contribution in [0.1, 0.15) is 96.0 Å². The molecule has 1 aromatic rings. The zero-order valence-corrected chi connectivity index (χ0v) is 21.1. The fraction of sp³-hybridized carbons (Fsp3) is 0.828. The van der Waals surface area contributed by atoms with Gasteiger partial charge in [0.25, 0.3) is 0 Å². The highest BCUT2D eigenvalue weighted by Gasteiger charge is 2.69. The second kappa shape index (κ2) is 8.18. The van der Waals surface area contributed by atoms with Crippen molar-refractivity contribution in [2.24, 2.45) is 34.8 Å². The lowest BCUT2D eigenvalue weighted by Gasteiger charge is -2.70. The second-order valence-corrected chi connectivity index (χ2v) is 13.4. The topological polar surface area (TPSA) is 94.4 Å². The summed E-state index contributed by atoms with van der Waals surface area (Å²) in [5, 5.41) is 10.0. The molecule has 2 aliphatic heterocycles. The van der Waals surface area contributed by atoms with Gasteiger partial charge in [0.1, 0.15) is 5.82 Å². The Kier molecular flexibility index (Phi) is 5.59. The first kappa shape index (κ1) is 23.2. The molecule has 3 heterocycles. The minimum Gasteiger partial charge on any atom is -0.396 e. The maximum absolute atomic E-state index is 10.0. The summed E-state index contributed by atoms with van der Waals surface area (Å²) < 4.78 is 7.34. The van der Waals surface area contributed by atoms with Crippen LogP contribution >= 0.6 is 0 Å². The number of aliphatic hydroxyl groups is 1. The van der Waals surface area contributed by atoms with Gasteiger partial charge in [-0.15, -0.1) is 0 Å². The van der Waals surface area contributed by atoms with Crippen LogP contribution in [0.5, 0.6) is 0 Å². The first-order chi connectivity index (χ1) is 16.3. The van der Waals surface area contributed by atoms with Crippen molar-refractivity contribution >= 4 is 5.82 Å². The Hall–Kier alpha value is -1.17. The Morgan fingerprint density at radius 2 is 1.94 bits per heavy atom. The number of pyridine rings is 1. The van der Waals surface area contributed by atoms with E-state index in [1.54, 1.807) is 0 Å².